The van der Waals surface area contributed by atoms with Gasteiger partial charge in [-0.3, -0.25) is 9.48 Å². The van der Waals surface area contributed by atoms with E-state index in [4.69, 9.17) is 5.26 Å². The first-order valence-corrected chi connectivity index (χ1v) is 7.57. The van der Waals surface area contributed by atoms with E-state index in [1.165, 1.54) is 0 Å². The fourth-order valence-electron chi connectivity index (χ4n) is 2.76. The van der Waals surface area contributed by atoms with Crippen molar-refractivity contribution in [1.82, 2.24) is 20.1 Å². The second-order valence-corrected chi connectivity index (χ2v) is 5.65. The Morgan fingerprint density at radius 2 is 2.35 bits per heavy atom. The number of aryl methyl sites for hydroxylation is 1. The molecule has 1 atom stereocenters. The van der Waals surface area contributed by atoms with Gasteiger partial charge in [0.15, 0.2) is 0 Å². The number of rotatable bonds is 3. The average Bonchev–Trinajstić information content (AvgIpc) is 3.02. The second kappa shape index (κ2) is 6.48. The van der Waals surface area contributed by atoms with Gasteiger partial charge in [0.1, 0.15) is 11.5 Å². The molecule has 7 nitrogen and oxygen atoms in total. The lowest BCUT2D eigenvalue weighted by Gasteiger charge is -2.33. The van der Waals surface area contributed by atoms with Crippen LogP contribution in [0, 0.1) is 11.3 Å². The molecule has 0 radical (unpaired) electrons. The fraction of sp³-hybridized carbons (Fsp3) is 0.375. The Hall–Kier alpha value is -2.88. The molecule has 23 heavy (non-hydrogen) atoms. The van der Waals surface area contributed by atoms with Crippen molar-refractivity contribution < 1.29 is 4.79 Å². The first kappa shape index (κ1) is 15.0. The van der Waals surface area contributed by atoms with Crippen LogP contribution in [0.4, 0.5) is 5.82 Å². The van der Waals surface area contributed by atoms with Crippen molar-refractivity contribution in [2.75, 3.05) is 18.0 Å². The minimum atomic E-state index is -0.156. The lowest BCUT2D eigenvalue weighted by Crippen LogP contribution is -2.48. The second-order valence-electron chi connectivity index (χ2n) is 5.65. The number of carbonyl (C=O) groups excluding carboxylic acids is 1. The third-order valence-electron chi connectivity index (χ3n) is 3.90. The standard InChI is InChI=1S/C16H18N6O/c1-21-8-5-14(20-21)16(23)19-13-3-2-7-22(11-13)15-9-12(10-17)4-6-18-15/h4-6,8-9,13H,2-3,7,11H2,1H3,(H,19,23). The van der Waals surface area contributed by atoms with Crippen molar-refractivity contribution >= 4 is 11.7 Å². The van der Waals surface area contributed by atoms with Crippen LogP contribution in [0.1, 0.15) is 28.9 Å². The zero-order chi connectivity index (χ0) is 16.2. The molecule has 3 heterocycles. The first-order valence-electron chi connectivity index (χ1n) is 7.57. The predicted octanol–water partition coefficient (Wildman–Crippen LogP) is 1.09. The molecule has 0 saturated carbocycles. The van der Waals surface area contributed by atoms with Gasteiger partial charge in [-0.25, -0.2) is 4.98 Å². The molecule has 1 unspecified atom stereocenters. The molecule has 1 aliphatic heterocycles. The lowest BCUT2D eigenvalue weighted by atomic mass is 10.1. The number of hydrogen-bond donors (Lipinski definition) is 1. The molecule has 2 aromatic heterocycles. The summed E-state index contributed by atoms with van der Waals surface area (Å²) in [5.74, 6) is 0.622. The van der Waals surface area contributed by atoms with Gasteiger partial charge in [-0.15, -0.1) is 0 Å². The van der Waals surface area contributed by atoms with E-state index >= 15 is 0 Å². The number of nitrogens with zero attached hydrogens (tertiary/aromatic N) is 5. The van der Waals surface area contributed by atoms with E-state index in [9.17, 15) is 4.79 Å². The molecule has 0 bridgehead atoms. The zero-order valence-corrected chi connectivity index (χ0v) is 12.9. The summed E-state index contributed by atoms with van der Waals surface area (Å²) >= 11 is 0. The number of nitrogens with one attached hydrogen (secondary N) is 1. The predicted molar refractivity (Wildman–Crippen MR) is 84.9 cm³/mol. The molecule has 0 spiro atoms. The minimum absolute atomic E-state index is 0.0470. The Labute approximate surface area is 134 Å². The van der Waals surface area contributed by atoms with Gasteiger partial charge in [0.2, 0.25) is 0 Å². The highest BCUT2D eigenvalue weighted by atomic mass is 16.2. The maximum Gasteiger partial charge on any atom is 0.272 e. The quantitative estimate of drug-likeness (QED) is 0.917. The largest absolute Gasteiger partial charge is 0.355 e. The van der Waals surface area contributed by atoms with Gasteiger partial charge in [-0.1, -0.05) is 0 Å². The van der Waals surface area contributed by atoms with Crippen molar-refractivity contribution in [2.45, 2.75) is 18.9 Å². The monoisotopic (exact) mass is 310 g/mol. The average molecular weight is 310 g/mol. The number of piperidine rings is 1. The SMILES string of the molecule is Cn1ccc(C(=O)NC2CCCN(c3cc(C#N)ccn3)C2)n1. The summed E-state index contributed by atoms with van der Waals surface area (Å²) in [4.78, 5) is 18.6. The molecular weight excluding hydrogens is 292 g/mol. The maximum atomic E-state index is 12.2. The Morgan fingerprint density at radius 3 is 3.09 bits per heavy atom. The minimum Gasteiger partial charge on any atom is -0.355 e. The number of pyridine rings is 1. The lowest BCUT2D eigenvalue weighted by molar-refractivity contribution is 0.0927. The van der Waals surface area contributed by atoms with Gasteiger partial charge in [0.05, 0.1) is 11.6 Å². The summed E-state index contributed by atoms with van der Waals surface area (Å²) < 4.78 is 1.61. The third kappa shape index (κ3) is 3.48. The summed E-state index contributed by atoms with van der Waals surface area (Å²) in [6.07, 6.45) is 5.28. The van der Waals surface area contributed by atoms with Crippen molar-refractivity contribution in [3.8, 4) is 6.07 Å². The highest BCUT2D eigenvalue weighted by molar-refractivity contribution is 5.92. The van der Waals surface area contributed by atoms with Crippen LogP contribution in [-0.2, 0) is 7.05 Å². The van der Waals surface area contributed by atoms with Gasteiger partial charge in [0, 0.05) is 38.6 Å². The van der Waals surface area contributed by atoms with Crippen LogP contribution in [0.5, 0.6) is 0 Å². The number of nitriles is 1. The first-order chi connectivity index (χ1) is 11.2. The highest BCUT2D eigenvalue weighted by Crippen LogP contribution is 2.18. The van der Waals surface area contributed by atoms with E-state index in [-0.39, 0.29) is 11.9 Å². The Balaban J connectivity index is 1.66. The smallest absolute Gasteiger partial charge is 0.272 e. The number of amides is 1. The molecule has 1 fully saturated rings. The Morgan fingerprint density at radius 1 is 1.48 bits per heavy atom. The fourth-order valence-corrected chi connectivity index (χ4v) is 2.76. The molecule has 1 amide bonds. The number of anilines is 1. The van der Waals surface area contributed by atoms with E-state index in [1.807, 2.05) is 0 Å². The molecule has 1 N–H and O–H groups in total. The van der Waals surface area contributed by atoms with Crippen LogP contribution < -0.4 is 10.2 Å². The van der Waals surface area contributed by atoms with Crippen molar-refractivity contribution in [2.24, 2.45) is 7.05 Å². The summed E-state index contributed by atoms with van der Waals surface area (Å²) in [7, 11) is 1.78. The number of carbonyl (C=O) groups is 1. The molecule has 0 aliphatic carbocycles. The number of hydrogen-bond acceptors (Lipinski definition) is 5. The van der Waals surface area contributed by atoms with Crippen molar-refractivity contribution in [1.29, 1.82) is 5.26 Å². The van der Waals surface area contributed by atoms with Gasteiger partial charge >= 0.3 is 0 Å². The summed E-state index contributed by atoms with van der Waals surface area (Å²) in [6.45, 7) is 1.55. The van der Waals surface area contributed by atoms with Gasteiger partial charge < -0.3 is 10.2 Å². The van der Waals surface area contributed by atoms with Gasteiger partial charge in [-0.05, 0) is 31.0 Å². The molecule has 3 rings (SSSR count). The zero-order valence-electron chi connectivity index (χ0n) is 12.9. The molecule has 7 heteroatoms. The molecule has 118 valence electrons. The van der Waals surface area contributed by atoms with E-state index in [1.54, 1.807) is 42.3 Å². The van der Waals surface area contributed by atoms with Crippen LogP contribution in [0.15, 0.2) is 30.6 Å². The molecule has 1 aliphatic rings. The maximum absolute atomic E-state index is 12.2. The van der Waals surface area contributed by atoms with Crippen LogP contribution in [-0.4, -0.2) is 39.8 Å². The third-order valence-corrected chi connectivity index (χ3v) is 3.90. The molecule has 1 saturated heterocycles. The topological polar surface area (TPSA) is 86.8 Å². The molecular formula is C16H18N6O. The summed E-state index contributed by atoms with van der Waals surface area (Å²) in [5, 5.41) is 16.1. The van der Waals surface area contributed by atoms with Crippen molar-refractivity contribution in [3.63, 3.8) is 0 Å². The van der Waals surface area contributed by atoms with Crippen molar-refractivity contribution in [3.05, 3.63) is 41.9 Å². The van der Waals surface area contributed by atoms with Crippen LogP contribution in [0.2, 0.25) is 0 Å². The Kier molecular flexibility index (Phi) is 4.24. The van der Waals surface area contributed by atoms with E-state index in [0.717, 1.165) is 25.2 Å². The van der Waals surface area contributed by atoms with Crippen LogP contribution >= 0.6 is 0 Å². The molecule has 2 aromatic rings. The Bertz CT molecular complexity index is 747. The normalized spacial score (nSPS) is 17.6. The summed E-state index contributed by atoms with van der Waals surface area (Å²) in [5.41, 5.74) is 1.02. The van der Waals surface area contributed by atoms with Gasteiger partial charge in [-0.2, -0.15) is 10.4 Å². The van der Waals surface area contributed by atoms with Gasteiger partial charge in [0.25, 0.3) is 5.91 Å². The molecule has 0 aromatic carbocycles. The van der Waals surface area contributed by atoms with E-state index < -0.39 is 0 Å². The number of aromatic nitrogens is 3. The van der Waals surface area contributed by atoms with Crippen LogP contribution in [0.3, 0.4) is 0 Å². The highest BCUT2D eigenvalue weighted by Gasteiger charge is 2.23. The van der Waals surface area contributed by atoms with E-state index in [2.05, 4.69) is 26.4 Å². The van der Waals surface area contributed by atoms with Crippen LogP contribution in [0.25, 0.3) is 0 Å². The summed E-state index contributed by atoms with van der Waals surface area (Å²) in [6, 6.07) is 7.34. The van der Waals surface area contributed by atoms with E-state index in [0.29, 0.717) is 17.8 Å².